The molecule has 0 spiro atoms. The van der Waals surface area contributed by atoms with Gasteiger partial charge in [-0.05, 0) is 52.2 Å². The fourth-order valence-electron chi connectivity index (χ4n) is 2.58. The average molecular weight is 355 g/mol. The number of hydrogen-bond acceptors (Lipinski definition) is 2. The van der Waals surface area contributed by atoms with Crippen LogP contribution < -0.4 is 15.4 Å². The van der Waals surface area contributed by atoms with Crippen molar-refractivity contribution in [2.24, 2.45) is 0 Å². The zero-order valence-electron chi connectivity index (χ0n) is 13.9. The fourth-order valence-corrected chi connectivity index (χ4v) is 2.80. The Balaban J connectivity index is 1.55. The van der Waals surface area contributed by atoms with Crippen molar-refractivity contribution in [2.75, 3.05) is 7.11 Å². The maximum Gasteiger partial charge on any atom is 0.315 e. The van der Waals surface area contributed by atoms with Crippen LogP contribution in [0, 0.1) is 0 Å². The van der Waals surface area contributed by atoms with Crippen LogP contribution in [0.5, 0.6) is 5.75 Å². The minimum atomic E-state index is -0.213. The first kappa shape index (κ1) is 17.1. The van der Waals surface area contributed by atoms with Crippen LogP contribution in [-0.2, 0) is 13.1 Å². The molecule has 0 aliphatic heterocycles. The number of amides is 2. The van der Waals surface area contributed by atoms with Gasteiger partial charge in [0.05, 0.1) is 7.11 Å². The van der Waals surface area contributed by atoms with Gasteiger partial charge in [-0.2, -0.15) is 0 Å². The molecule has 0 atom stereocenters. The molecular formula is C20H19ClN2O2. The molecule has 128 valence electrons. The smallest absolute Gasteiger partial charge is 0.315 e. The molecule has 0 fully saturated rings. The molecule has 25 heavy (non-hydrogen) atoms. The number of carbonyl (C=O) groups is 1. The van der Waals surface area contributed by atoms with Gasteiger partial charge in [-0.25, -0.2) is 4.79 Å². The highest BCUT2D eigenvalue weighted by Crippen LogP contribution is 2.21. The van der Waals surface area contributed by atoms with Crippen LogP contribution >= 0.6 is 11.6 Å². The normalized spacial score (nSPS) is 10.5. The van der Waals surface area contributed by atoms with Gasteiger partial charge in [0.1, 0.15) is 5.75 Å². The van der Waals surface area contributed by atoms with Crippen LogP contribution in [0.15, 0.2) is 60.7 Å². The number of urea groups is 1. The quantitative estimate of drug-likeness (QED) is 0.708. The molecule has 0 aliphatic rings. The summed E-state index contributed by atoms with van der Waals surface area (Å²) in [6, 6.07) is 19.2. The number of hydrogen-bond donors (Lipinski definition) is 2. The number of rotatable bonds is 5. The molecule has 0 aromatic heterocycles. The zero-order valence-corrected chi connectivity index (χ0v) is 14.6. The van der Waals surface area contributed by atoms with E-state index in [9.17, 15) is 4.79 Å². The Morgan fingerprint density at radius 3 is 2.32 bits per heavy atom. The molecular weight excluding hydrogens is 336 g/mol. The number of carbonyl (C=O) groups excluding carboxylic acids is 1. The van der Waals surface area contributed by atoms with E-state index < -0.39 is 0 Å². The molecule has 5 heteroatoms. The number of fused-ring (bicyclic) bond motifs is 1. The highest BCUT2D eigenvalue weighted by molar-refractivity contribution is 6.30. The van der Waals surface area contributed by atoms with E-state index in [1.54, 1.807) is 13.2 Å². The minimum Gasteiger partial charge on any atom is -0.497 e. The molecule has 0 unspecified atom stereocenters. The van der Waals surface area contributed by atoms with Crippen LogP contribution in [0.4, 0.5) is 4.79 Å². The average Bonchev–Trinajstić information content (AvgIpc) is 2.64. The monoisotopic (exact) mass is 354 g/mol. The predicted molar refractivity (Wildman–Crippen MR) is 101 cm³/mol. The number of ether oxygens (including phenoxy) is 1. The third kappa shape index (κ3) is 4.64. The van der Waals surface area contributed by atoms with Gasteiger partial charge < -0.3 is 15.4 Å². The topological polar surface area (TPSA) is 50.4 Å². The first-order chi connectivity index (χ1) is 12.1. The number of methoxy groups -OCH3 is 1. The summed E-state index contributed by atoms with van der Waals surface area (Å²) in [7, 11) is 1.65. The Morgan fingerprint density at radius 1 is 0.920 bits per heavy atom. The number of benzene rings is 3. The molecule has 2 N–H and O–H groups in total. The number of halogens is 1. The van der Waals surface area contributed by atoms with Crippen LogP contribution in [0.3, 0.4) is 0 Å². The summed E-state index contributed by atoms with van der Waals surface area (Å²) in [4.78, 5) is 11.9. The summed E-state index contributed by atoms with van der Waals surface area (Å²) in [6.45, 7) is 0.896. The van der Waals surface area contributed by atoms with E-state index in [-0.39, 0.29) is 6.03 Å². The maximum atomic E-state index is 11.9. The van der Waals surface area contributed by atoms with Gasteiger partial charge in [-0.1, -0.05) is 41.9 Å². The van der Waals surface area contributed by atoms with E-state index in [0.717, 1.165) is 27.6 Å². The van der Waals surface area contributed by atoms with E-state index in [2.05, 4.69) is 16.7 Å². The zero-order chi connectivity index (χ0) is 17.6. The van der Waals surface area contributed by atoms with E-state index in [0.29, 0.717) is 18.1 Å². The lowest BCUT2D eigenvalue weighted by Gasteiger charge is -2.09. The lowest BCUT2D eigenvalue weighted by molar-refractivity contribution is 0.240. The molecule has 0 heterocycles. The standard InChI is InChI=1S/C20H19ClN2O2/c1-25-19-8-7-16-9-15(5-6-17(16)11-19)13-23-20(24)22-12-14-3-2-4-18(21)10-14/h2-11H,12-13H2,1H3,(H2,22,23,24). The highest BCUT2D eigenvalue weighted by atomic mass is 35.5. The van der Waals surface area contributed by atoms with Crippen LogP contribution in [-0.4, -0.2) is 13.1 Å². The van der Waals surface area contributed by atoms with Gasteiger partial charge in [-0.3, -0.25) is 0 Å². The second-order valence-corrected chi connectivity index (χ2v) is 6.15. The summed E-state index contributed by atoms with van der Waals surface area (Å²) in [5.74, 6) is 0.832. The van der Waals surface area contributed by atoms with E-state index in [1.165, 1.54) is 0 Å². The SMILES string of the molecule is COc1ccc2cc(CNC(=O)NCc3cccc(Cl)c3)ccc2c1. The maximum absolute atomic E-state index is 11.9. The highest BCUT2D eigenvalue weighted by Gasteiger charge is 2.03. The Labute approximate surface area is 151 Å². The Kier molecular flexibility index (Phi) is 5.41. The van der Waals surface area contributed by atoms with E-state index in [4.69, 9.17) is 16.3 Å². The summed E-state index contributed by atoms with van der Waals surface area (Å²) >= 11 is 5.93. The fraction of sp³-hybridized carbons (Fsp3) is 0.150. The molecule has 2 amide bonds. The lowest BCUT2D eigenvalue weighted by Crippen LogP contribution is -2.34. The number of nitrogens with one attached hydrogen (secondary N) is 2. The van der Waals surface area contributed by atoms with Gasteiger partial charge in [0.15, 0.2) is 0 Å². The second-order valence-electron chi connectivity index (χ2n) is 5.71. The van der Waals surface area contributed by atoms with Crippen molar-refractivity contribution in [3.63, 3.8) is 0 Å². The molecule has 0 bridgehead atoms. The van der Waals surface area contributed by atoms with Crippen LogP contribution in [0.1, 0.15) is 11.1 Å². The molecule has 0 saturated heterocycles. The van der Waals surface area contributed by atoms with Crippen LogP contribution in [0.25, 0.3) is 10.8 Å². The Hall–Kier alpha value is -2.72. The van der Waals surface area contributed by atoms with Crippen molar-refractivity contribution in [3.8, 4) is 5.75 Å². The third-order valence-corrected chi connectivity index (χ3v) is 4.14. The van der Waals surface area contributed by atoms with Crippen molar-refractivity contribution in [3.05, 3.63) is 76.8 Å². The molecule has 0 radical (unpaired) electrons. The largest absolute Gasteiger partial charge is 0.497 e. The molecule has 3 aromatic rings. The van der Waals surface area contributed by atoms with Crippen molar-refractivity contribution >= 4 is 28.4 Å². The summed E-state index contributed by atoms with van der Waals surface area (Å²) in [5.41, 5.74) is 2.00. The van der Waals surface area contributed by atoms with E-state index in [1.807, 2.05) is 48.5 Å². The summed E-state index contributed by atoms with van der Waals surface area (Å²) < 4.78 is 5.23. The van der Waals surface area contributed by atoms with Gasteiger partial charge in [0, 0.05) is 18.1 Å². The molecule has 3 rings (SSSR count). The van der Waals surface area contributed by atoms with Gasteiger partial charge >= 0.3 is 6.03 Å². The Bertz CT molecular complexity index is 896. The minimum absolute atomic E-state index is 0.213. The first-order valence-electron chi connectivity index (χ1n) is 7.97. The predicted octanol–water partition coefficient (Wildman–Crippen LogP) is 4.50. The van der Waals surface area contributed by atoms with Crippen molar-refractivity contribution in [2.45, 2.75) is 13.1 Å². The van der Waals surface area contributed by atoms with Crippen molar-refractivity contribution < 1.29 is 9.53 Å². The second kappa shape index (κ2) is 7.90. The van der Waals surface area contributed by atoms with Gasteiger partial charge in [-0.15, -0.1) is 0 Å². The van der Waals surface area contributed by atoms with Crippen molar-refractivity contribution in [1.29, 1.82) is 0 Å². The Morgan fingerprint density at radius 2 is 1.60 bits per heavy atom. The van der Waals surface area contributed by atoms with Crippen molar-refractivity contribution in [1.82, 2.24) is 10.6 Å². The summed E-state index contributed by atoms with van der Waals surface area (Å²) in [6.07, 6.45) is 0. The molecule has 3 aromatic carbocycles. The molecule has 4 nitrogen and oxygen atoms in total. The first-order valence-corrected chi connectivity index (χ1v) is 8.35. The van der Waals surface area contributed by atoms with Gasteiger partial charge in [0.25, 0.3) is 0 Å². The molecule has 0 aliphatic carbocycles. The summed E-state index contributed by atoms with van der Waals surface area (Å²) in [5, 5.41) is 8.56. The van der Waals surface area contributed by atoms with Gasteiger partial charge in [0.2, 0.25) is 0 Å². The lowest BCUT2D eigenvalue weighted by atomic mass is 10.1. The van der Waals surface area contributed by atoms with E-state index >= 15 is 0 Å². The van der Waals surface area contributed by atoms with Crippen LogP contribution in [0.2, 0.25) is 5.02 Å². The molecule has 0 saturated carbocycles. The third-order valence-electron chi connectivity index (χ3n) is 3.91.